The average Bonchev–Trinajstić information content (AvgIpc) is 3.26. The molecule has 0 aliphatic heterocycles. The van der Waals surface area contributed by atoms with Crippen molar-refractivity contribution in [3.05, 3.63) is 75.7 Å². The third-order valence-corrected chi connectivity index (χ3v) is 5.07. The quantitative estimate of drug-likeness (QED) is 0.417. The molecule has 0 fully saturated rings. The fourth-order valence-corrected chi connectivity index (χ4v) is 3.64. The van der Waals surface area contributed by atoms with Gasteiger partial charge in [-0.3, -0.25) is 4.68 Å². The van der Waals surface area contributed by atoms with Gasteiger partial charge in [0.05, 0.1) is 35.1 Å². The molecule has 0 spiro atoms. The molecule has 0 unspecified atom stereocenters. The molecule has 4 aromatic rings. The Bertz CT molecular complexity index is 1210. The lowest BCUT2D eigenvalue weighted by Gasteiger charge is -2.08. The predicted molar refractivity (Wildman–Crippen MR) is 113 cm³/mol. The Balaban J connectivity index is 1.75. The Labute approximate surface area is 177 Å². The topological polar surface area (TPSA) is 61.4 Å². The smallest absolute Gasteiger partial charge is 0.358 e. The van der Waals surface area contributed by atoms with Crippen LogP contribution in [0.1, 0.15) is 28.8 Å². The highest BCUT2D eigenvalue weighted by Gasteiger charge is 2.16. The number of aromatic nitrogens is 4. The number of carbonyl (C=O) groups is 1. The molecule has 29 heavy (non-hydrogen) atoms. The Hall–Kier alpha value is -2.83. The van der Waals surface area contributed by atoms with Crippen molar-refractivity contribution in [1.82, 2.24) is 19.4 Å². The summed E-state index contributed by atoms with van der Waals surface area (Å²) in [5.41, 5.74) is 4.38. The lowest BCUT2D eigenvalue weighted by atomic mass is 10.1. The Morgan fingerprint density at radius 1 is 1.10 bits per heavy atom. The van der Waals surface area contributed by atoms with Crippen LogP contribution in [0.25, 0.3) is 16.8 Å². The summed E-state index contributed by atoms with van der Waals surface area (Å²) in [6.45, 7) is 4.35. The maximum atomic E-state index is 12.0. The number of hydrogen-bond donors (Lipinski definition) is 0. The van der Waals surface area contributed by atoms with Crippen molar-refractivity contribution >= 4 is 34.7 Å². The number of rotatable bonds is 5. The van der Waals surface area contributed by atoms with Gasteiger partial charge in [0.25, 0.3) is 0 Å². The van der Waals surface area contributed by atoms with Crippen LogP contribution < -0.4 is 0 Å². The van der Waals surface area contributed by atoms with E-state index in [1.54, 1.807) is 17.7 Å². The van der Waals surface area contributed by atoms with E-state index in [2.05, 4.69) is 5.10 Å². The normalized spacial score (nSPS) is 11.2. The zero-order valence-electron chi connectivity index (χ0n) is 15.9. The van der Waals surface area contributed by atoms with Gasteiger partial charge in [0.1, 0.15) is 0 Å². The van der Waals surface area contributed by atoms with Crippen LogP contribution in [0.3, 0.4) is 0 Å². The first kappa shape index (κ1) is 19.5. The molecular formula is C21H18Cl2N4O2. The maximum absolute atomic E-state index is 12.0. The minimum Gasteiger partial charge on any atom is -0.461 e. The number of benzene rings is 1. The lowest BCUT2D eigenvalue weighted by Crippen LogP contribution is -2.11. The number of carbonyl (C=O) groups excluding carboxylic acids is 1. The molecule has 0 saturated heterocycles. The molecule has 0 saturated carbocycles. The van der Waals surface area contributed by atoms with Crippen molar-refractivity contribution in [2.24, 2.45) is 0 Å². The molecule has 3 heterocycles. The zero-order valence-corrected chi connectivity index (χ0v) is 17.4. The van der Waals surface area contributed by atoms with Crippen LogP contribution in [0.15, 0.2) is 48.5 Å². The highest BCUT2D eigenvalue weighted by molar-refractivity contribution is 6.33. The Morgan fingerprint density at radius 3 is 2.66 bits per heavy atom. The van der Waals surface area contributed by atoms with Gasteiger partial charge in [-0.2, -0.15) is 10.2 Å². The molecule has 0 atom stereocenters. The number of fused-ring (bicyclic) bond motifs is 1. The molecule has 0 amide bonds. The predicted octanol–water partition coefficient (Wildman–Crippen LogP) is 5.04. The van der Waals surface area contributed by atoms with Gasteiger partial charge < -0.3 is 4.74 Å². The second-order valence-corrected chi connectivity index (χ2v) is 7.40. The number of aryl methyl sites for hydroxylation is 1. The molecule has 0 N–H and O–H groups in total. The summed E-state index contributed by atoms with van der Waals surface area (Å²) in [5.74, 6) is -0.439. The van der Waals surface area contributed by atoms with E-state index < -0.39 is 5.97 Å². The molecule has 0 radical (unpaired) electrons. The number of halogens is 2. The number of hydrogen-bond acceptors (Lipinski definition) is 4. The molecule has 0 bridgehead atoms. The van der Waals surface area contributed by atoms with E-state index in [0.717, 1.165) is 28.2 Å². The van der Waals surface area contributed by atoms with E-state index in [1.165, 1.54) is 0 Å². The standard InChI is InChI=1S/C21H18Cl2N4O2/c1-3-29-21(28)20-8-13(2)26(24-20)12-16-10-14(22)9-15-11-19(25-27(15)16)17-6-4-5-7-18(17)23/h4-11H,3,12H2,1-2H3. The van der Waals surface area contributed by atoms with Crippen LogP contribution in [0.4, 0.5) is 0 Å². The van der Waals surface area contributed by atoms with Gasteiger partial charge in [0, 0.05) is 16.3 Å². The van der Waals surface area contributed by atoms with E-state index in [1.807, 2.05) is 53.9 Å². The SMILES string of the molecule is CCOC(=O)c1cc(C)n(Cc2cc(Cl)cc3cc(-c4ccccc4Cl)nn23)n1. The lowest BCUT2D eigenvalue weighted by molar-refractivity contribution is 0.0518. The first-order valence-corrected chi connectivity index (χ1v) is 9.86. The summed E-state index contributed by atoms with van der Waals surface area (Å²) < 4.78 is 8.58. The van der Waals surface area contributed by atoms with E-state index in [-0.39, 0.29) is 5.69 Å². The summed E-state index contributed by atoms with van der Waals surface area (Å²) in [6, 6.07) is 14.9. The second kappa shape index (κ2) is 7.89. The maximum Gasteiger partial charge on any atom is 0.358 e. The van der Waals surface area contributed by atoms with Crippen LogP contribution in [0, 0.1) is 6.92 Å². The van der Waals surface area contributed by atoms with Crippen molar-refractivity contribution in [1.29, 1.82) is 0 Å². The monoisotopic (exact) mass is 428 g/mol. The van der Waals surface area contributed by atoms with Gasteiger partial charge >= 0.3 is 5.97 Å². The van der Waals surface area contributed by atoms with Crippen LogP contribution in [0.2, 0.25) is 10.0 Å². The van der Waals surface area contributed by atoms with E-state index in [4.69, 9.17) is 33.0 Å². The third-order valence-electron chi connectivity index (χ3n) is 4.53. The van der Waals surface area contributed by atoms with Crippen LogP contribution in [-0.4, -0.2) is 32.0 Å². The van der Waals surface area contributed by atoms with Gasteiger partial charge in [-0.1, -0.05) is 41.4 Å². The molecule has 148 valence electrons. The van der Waals surface area contributed by atoms with Crippen LogP contribution >= 0.6 is 23.2 Å². The van der Waals surface area contributed by atoms with Crippen molar-refractivity contribution in [3.63, 3.8) is 0 Å². The molecule has 0 aliphatic carbocycles. The van der Waals surface area contributed by atoms with Crippen LogP contribution in [-0.2, 0) is 11.3 Å². The average molecular weight is 429 g/mol. The molecule has 8 heteroatoms. The molecule has 6 nitrogen and oxygen atoms in total. The second-order valence-electron chi connectivity index (χ2n) is 6.56. The largest absolute Gasteiger partial charge is 0.461 e. The van der Waals surface area contributed by atoms with E-state index >= 15 is 0 Å². The fraction of sp³-hybridized carbons (Fsp3) is 0.190. The van der Waals surface area contributed by atoms with Gasteiger partial charge in [-0.05, 0) is 44.2 Å². The summed E-state index contributed by atoms with van der Waals surface area (Å²) >= 11 is 12.7. The third kappa shape index (κ3) is 3.86. The minimum atomic E-state index is -0.439. The van der Waals surface area contributed by atoms with Gasteiger partial charge in [0.2, 0.25) is 0 Å². The Kier molecular flexibility index (Phi) is 5.30. The number of ether oxygens (including phenoxy) is 1. The van der Waals surface area contributed by atoms with E-state index in [0.29, 0.717) is 23.2 Å². The summed E-state index contributed by atoms with van der Waals surface area (Å²) in [4.78, 5) is 12.0. The summed E-state index contributed by atoms with van der Waals surface area (Å²) in [6.07, 6.45) is 0. The van der Waals surface area contributed by atoms with Gasteiger partial charge in [0.15, 0.2) is 5.69 Å². The number of pyridine rings is 1. The molecular weight excluding hydrogens is 411 g/mol. The van der Waals surface area contributed by atoms with Crippen molar-refractivity contribution in [2.45, 2.75) is 20.4 Å². The van der Waals surface area contributed by atoms with E-state index in [9.17, 15) is 4.79 Å². The summed E-state index contributed by atoms with van der Waals surface area (Å²) in [5, 5.41) is 10.3. The molecule has 3 aromatic heterocycles. The summed E-state index contributed by atoms with van der Waals surface area (Å²) in [7, 11) is 0. The fourth-order valence-electron chi connectivity index (χ4n) is 3.17. The van der Waals surface area contributed by atoms with Crippen molar-refractivity contribution < 1.29 is 9.53 Å². The van der Waals surface area contributed by atoms with Crippen LogP contribution in [0.5, 0.6) is 0 Å². The highest BCUT2D eigenvalue weighted by atomic mass is 35.5. The number of esters is 1. The molecule has 0 aliphatic rings. The minimum absolute atomic E-state index is 0.278. The first-order chi connectivity index (χ1) is 14.0. The number of nitrogens with zero attached hydrogens (tertiary/aromatic N) is 4. The van der Waals surface area contributed by atoms with Crippen molar-refractivity contribution in [2.75, 3.05) is 6.61 Å². The zero-order chi connectivity index (χ0) is 20.5. The first-order valence-electron chi connectivity index (χ1n) is 9.11. The highest BCUT2D eigenvalue weighted by Crippen LogP contribution is 2.29. The molecule has 1 aromatic carbocycles. The Morgan fingerprint density at radius 2 is 1.90 bits per heavy atom. The van der Waals surface area contributed by atoms with Gasteiger partial charge in [-0.25, -0.2) is 9.31 Å². The molecule has 4 rings (SSSR count). The van der Waals surface area contributed by atoms with Crippen molar-refractivity contribution in [3.8, 4) is 11.3 Å². The van der Waals surface area contributed by atoms with Gasteiger partial charge in [-0.15, -0.1) is 0 Å².